The van der Waals surface area contributed by atoms with E-state index in [0.29, 0.717) is 5.02 Å². The van der Waals surface area contributed by atoms with Gasteiger partial charge in [0, 0.05) is 5.02 Å². The molecule has 0 saturated carbocycles. The van der Waals surface area contributed by atoms with E-state index in [-0.39, 0.29) is 5.69 Å². The number of sulfonamides is 1. The molecule has 0 spiro atoms. The third-order valence-electron chi connectivity index (χ3n) is 2.79. The van der Waals surface area contributed by atoms with Crippen molar-refractivity contribution in [3.63, 3.8) is 0 Å². The average molecular weight is 366 g/mol. The zero-order valence-corrected chi connectivity index (χ0v) is 13.3. The molecule has 2 aromatic carbocycles. The SMILES string of the molecule is Cc1ccc(NS(=O)(=O)c2ccccc2OC(F)(F)F)cc1Cl. The summed E-state index contributed by atoms with van der Waals surface area (Å²) in [6, 6.07) is 8.86. The van der Waals surface area contributed by atoms with Crippen molar-refractivity contribution in [2.24, 2.45) is 0 Å². The van der Waals surface area contributed by atoms with Gasteiger partial charge in [-0.2, -0.15) is 0 Å². The Bertz CT molecular complexity index is 822. The van der Waals surface area contributed by atoms with Crippen molar-refractivity contribution in [1.82, 2.24) is 0 Å². The first kappa shape index (κ1) is 17.4. The molecule has 2 rings (SSSR count). The van der Waals surface area contributed by atoms with E-state index in [1.807, 2.05) is 0 Å². The number of anilines is 1. The summed E-state index contributed by atoms with van der Waals surface area (Å²) in [4.78, 5) is -0.631. The van der Waals surface area contributed by atoms with E-state index >= 15 is 0 Å². The van der Waals surface area contributed by atoms with Crippen molar-refractivity contribution in [1.29, 1.82) is 0 Å². The molecule has 124 valence electrons. The van der Waals surface area contributed by atoms with Crippen LogP contribution in [-0.4, -0.2) is 14.8 Å². The lowest BCUT2D eigenvalue weighted by atomic mass is 10.2. The highest BCUT2D eigenvalue weighted by molar-refractivity contribution is 7.92. The molecule has 9 heteroatoms. The first-order valence-corrected chi connectivity index (χ1v) is 8.08. The second-order valence-corrected chi connectivity index (χ2v) is 6.62. The smallest absolute Gasteiger partial charge is 0.404 e. The summed E-state index contributed by atoms with van der Waals surface area (Å²) in [6.45, 7) is 1.73. The second kappa shape index (κ2) is 6.29. The van der Waals surface area contributed by atoms with Crippen LogP contribution in [0.1, 0.15) is 5.56 Å². The number of hydrogen-bond acceptors (Lipinski definition) is 3. The summed E-state index contributed by atoms with van der Waals surface area (Å²) in [5, 5.41) is 0.324. The standard InChI is InChI=1S/C14H11ClF3NO3S/c1-9-6-7-10(8-11(9)15)19-23(20,21)13-5-3-2-4-12(13)22-14(16,17)18/h2-8,19H,1H3. The minimum atomic E-state index is -5.00. The molecule has 0 fully saturated rings. The number of para-hydroxylation sites is 1. The van der Waals surface area contributed by atoms with Crippen LogP contribution in [0.5, 0.6) is 5.75 Å². The van der Waals surface area contributed by atoms with Crippen molar-refractivity contribution < 1.29 is 26.3 Å². The summed E-state index contributed by atoms with van der Waals surface area (Å²) in [5.74, 6) is -0.814. The molecule has 23 heavy (non-hydrogen) atoms. The fourth-order valence-electron chi connectivity index (χ4n) is 1.75. The predicted octanol–water partition coefficient (Wildman–Crippen LogP) is 4.35. The Morgan fingerprint density at radius 3 is 2.39 bits per heavy atom. The van der Waals surface area contributed by atoms with Crippen molar-refractivity contribution in [3.05, 3.63) is 53.1 Å². The van der Waals surface area contributed by atoms with E-state index in [1.54, 1.807) is 13.0 Å². The van der Waals surface area contributed by atoms with Crippen molar-refractivity contribution in [2.75, 3.05) is 4.72 Å². The van der Waals surface area contributed by atoms with Crippen LogP contribution >= 0.6 is 11.6 Å². The van der Waals surface area contributed by atoms with Crippen LogP contribution < -0.4 is 9.46 Å². The Morgan fingerprint density at radius 1 is 1.13 bits per heavy atom. The van der Waals surface area contributed by atoms with Crippen molar-refractivity contribution in [3.8, 4) is 5.75 Å². The molecule has 0 unspecified atom stereocenters. The van der Waals surface area contributed by atoms with Gasteiger partial charge < -0.3 is 4.74 Å². The van der Waals surface area contributed by atoms with Gasteiger partial charge in [-0.3, -0.25) is 4.72 Å². The maximum Gasteiger partial charge on any atom is 0.573 e. The summed E-state index contributed by atoms with van der Waals surface area (Å²) >= 11 is 5.90. The molecule has 4 nitrogen and oxygen atoms in total. The number of rotatable bonds is 4. The molecule has 0 aliphatic heterocycles. The average Bonchev–Trinajstić information content (AvgIpc) is 2.41. The number of nitrogens with one attached hydrogen (secondary N) is 1. The quantitative estimate of drug-likeness (QED) is 0.876. The van der Waals surface area contributed by atoms with Gasteiger partial charge in [0.05, 0.1) is 5.69 Å². The fourth-order valence-corrected chi connectivity index (χ4v) is 3.11. The largest absolute Gasteiger partial charge is 0.573 e. The molecule has 0 amide bonds. The first-order chi connectivity index (χ1) is 10.6. The van der Waals surface area contributed by atoms with Crippen LogP contribution in [0.2, 0.25) is 5.02 Å². The van der Waals surface area contributed by atoms with Crippen molar-refractivity contribution in [2.45, 2.75) is 18.2 Å². The molecule has 2 aromatic rings. The zero-order chi connectivity index (χ0) is 17.3. The molecule has 0 atom stereocenters. The fraction of sp³-hybridized carbons (Fsp3) is 0.143. The van der Waals surface area contributed by atoms with E-state index in [1.165, 1.54) is 24.3 Å². The van der Waals surface area contributed by atoms with Gasteiger partial charge in [-0.25, -0.2) is 8.42 Å². The highest BCUT2D eigenvalue weighted by atomic mass is 35.5. The zero-order valence-electron chi connectivity index (χ0n) is 11.7. The maximum absolute atomic E-state index is 12.4. The molecule has 0 heterocycles. The number of aryl methyl sites for hydroxylation is 1. The molecule has 0 aliphatic carbocycles. The summed E-state index contributed by atoms with van der Waals surface area (Å²) in [6.07, 6.45) is -5.00. The van der Waals surface area contributed by atoms with Crippen LogP contribution in [0.25, 0.3) is 0 Å². The molecule has 0 aliphatic rings. The Hall–Kier alpha value is -1.93. The monoisotopic (exact) mass is 365 g/mol. The van der Waals surface area contributed by atoms with Gasteiger partial charge in [0.25, 0.3) is 10.0 Å². The topological polar surface area (TPSA) is 55.4 Å². The van der Waals surface area contributed by atoms with Gasteiger partial charge in [-0.05, 0) is 36.8 Å². The summed E-state index contributed by atoms with van der Waals surface area (Å²) in [7, 11) is -4.28. The Labute approximate surface area is 135 Å². The van der Waals surface area contributed by atoms with Gasteiger partial charge in [0.2, 0.25) is 0 Å². The highest BCUT2D eigenvalue weighted by Crippen LogP contribution is 2.31. The number of ether oxygens (including phenoxy) is 1. The van der Waals surface area contributed by atoms with Crippen LogP contribution in [0.4, 0.5) is 18.9 Å². The van der Waals surface area contributed by atoms with Crippen LogP contribution in [0.3, 0.4) is 0 Å². The third-order valence-corrected chi connectivity index (χ3v) is 4.62. The molecule has 0 aromatic heterocycles. The van der Waals surface area contributed by atoms with Gasteiger partial charge in [-0.15, -0.1) is 13.2 Å². The summed E-state index contributed by atoms with van der Waals surface area (Å²) < 4.78 is 67.7. The number of hydrogen-bond donors (Lipinski definition) is 1. The molecule has 1 N–H and O–H groups in total. The van der Waals surface area contributed by atoms with E-state index in [0.717, 1.165) is 17.7 Å². The Balaban J connectivity index is 2.38. The molecular formula is C14H11ClF3NO3S. The van der Waals surface area contributed by atoms with E-state index in [9.17, 15) is 21.6 Å². The van der Waals surface area contributed by atoms with Crippen molar-refractivity contribution >= 4 is 27.3 Å². The number of alkyl halides is 3. The maximum atomic E-state index is 12.4. The van der Waals surface area contributed by atoms with Gasteiger partial charge in [0.1, 0.15) is 10.6 Å². The highest BCUT2D eigenvalue weighted by Gasteiger charge is 2.34. The lowest BCUT2D eigenvalue weighted by Crippen LogP contribution is -2.20. The van der Waals surface area contributed by atoms with Crippen LogP contribution in [0, 0.1) is 6.92 Å². The van der Waals surface area contributed by atoms with E-state index in [4.69, 9.17) is 11.6 Å². The first-order valence-electron chi connectivity index (χ1n) is 6.22. The normalized spacial score (nSPS) is 12.0. The third kappa shape index (κ3) is 4.52. The van der Waals surface area contributed by atoms with Gasteiger partial charge in [-0.1, -0.05) is 29.8 Å². The van der Waals surface area contributed by atoms with Gasteiger partial charge in [0.15, 0.2) is 0 Å². The lowest BCUT2D eigenvalue weighted by Gasteiger charge is -2.14. The molecule has 0 radical (unpaired) electrons. The lowest BCUT2D eigenvalue weighted by molar-refractivity contribution is -0.275. The van der Waals surface area contributed by atoms with E-state index in [2.05, 4.69) is 9.46 Å². The van der Waals surface area contributed by atoms with Gasteiger partial charge >= 0.3 is 6.36 Å². The van der Waals surface area contributed by atoms with E-state index < -0.39 is 27.0 Å². The Morgan fingerprint density at radius 2 is 1.78 bits per heavy atom. The minimum Gasteiger partial charge on any atom is -0.404 e. The second-order valence-electron chi connectivity index (χ2n) is 4.56. The predicted molar refractivity (Wildman–Crippen MR) is 80.1 cm³/mol. The minimum absolute atomic E-state index is 0.127. The summed E-state index contributed by atoms with van der Waals surface area (Å²) in [5.41, 5.74) is 0.859. The number of benzene rings is 2. The van der Waals surface area contributed by atoms with Crippen LogP contribution in [0.15, 0.2) is 47.4 Å². The number of halogens is 4. The molecule has 0 bridgehead atoms. The van der Waals surface area contributed by atoms with Crippen LogP contribution in [-0.2, 0) is 10.0 Å². The Kier molecular flexibility index (Phi) is 4.76. The molecular weight excluding hydrogens is 355 g/mol. The molecule has 0 saturated heterocycles.